The van der Waals surface area contributed by atoms with Gasteiger partial charge in [0, 0.05) is 17.1 Å². The van der Waals surface area contributed by atoms with Crippen molar-refractivity contribution in [2.75, 3.05) is 17.0 Å². The molecule has 1 unspecified atom stereocenters. The van der Waals surface area contributed by atoms with Crippen LogP contribution in [0.4, 0.5) is 10.8 Å². The lowest BCUT2D eigenvalue weighted by Crippen LogP contribution is -2.37. The summed E-state index contributed by atoms with van der Waals surface area (Å²) in [6.07, 6.45) is 2.57. The first kappa shape index (κ1) is 24.0. The Balaban J connectivity index is 1.39. The maximum absolute atomic E-state index is 12.9. The zero-order valence-electron chi connectivity index (χ0n) is 18.8. The standard InChI is InChI=1S/C23H27N5O4S2/c1-15-7-9-19(27-34(31,32)14-16-5-3-2-4-6-16)22(30)28(15)13-21(29)25-12-17-8-10-18-20(11-17)33-23(24)26-18/h2-7,9,17,27H,8,10-14H2,1H3,(H2,24,26)(H,25,29). The molecule has 34 heavy (non-hydrogen) atoms. The Kier molecular flexibility index (Phi) is 7.03. The van der Waals surface area contributed by atoms with Crippen LogP contribution in [0, 0.1) is 12.8 Å². The lowest BCUT2D eigenvalue weighted by Gasteiger charge is -2.21. The summed E-state index contributed by atoms with van der Waals surface area (Å²) in [5.41, 5.74) is 7.37. The number of aromatic nitrogens is 2. The van der Waals surface area contributed by atoms with Crippen LogP contribution < -0.4 is 21.3 Å². The number of fused-ring (bicyclic) bond motifs is 1. The van der Waals surface area contributed by atoms with Crippen LogP contribution in [-0.2, 0) is 40.0 Å². The van der Waals surface area contributed by atoms with Crippen molar-refractivity contribution in [3.05, 3.63) is 74.6 Å². The second-order valence-corrected chi connectivity index (χ2v) is 11.3. The van der Waals surface area contributed by atoms with Crippen molar-refractivity contribution in [1.29, 1.82) is 0 Å². The van der Waals surface area contributed by atoms with Crippen molar-refractivity contribution in [3.8, 4) is 0 Å². The predicted octanol–water partition coefficient (Wildman–Crippen LogP) is 2.06. The summed E-state index contributed by atoms with van der Waals surface area (Å²) in [6.45, 7) is 2.01. The third-order valence-electron chi connectivity index (χ3n) is 5.81. The van der Waals surface area contributed by atoms with E-state index < -0.39 is 15.6 Å². The maximum Gasteiger partial charge on any atom is 0.275 e. The van der Waals surface area contributed by atoms with E-state index in [-0.39, 0.29) is 29.8 Å². The van der Waals surface area contributed by atoms with Crippen LogP contribution in [0.2, 0.25) is 0 Å². The summed E-state index contributed by atoms with van der Waals surface area (Å²) in [5.74, 6) is -0.273. The molecule has 1 amide bonds. The highest BCUT2D eigenvalue weighted by molar-refractivity contribution is 7.91. The van der Waals surface area contributed by atoms with Crippen LogP contribution in [0.3, 0.4) is 0 Å². The molecule has 180 valence electrons. The first-order valence-electron chi connectivity index (χ1n) is 11.0. The van der Waals surface area contributed by atoms with E-state index in [0.717, 1.165) is 25.0 Å². The predicted molar refractivity (Wildman–Crippen MR) is 133 cm³/mol. The zero-order chi connectivity index (χ0) is 24.3. The van der Waals surface area contributed by atoms with E-state index in [1.54, 1.807) is 43.3 Å². The van der Waals surface area contributed by atoms with Crippen molar-refractivity contribution in [3.63, 3.8) is 0 Å². The number of nitrogens with one attached hydrogen (secondary N) is 2. The molecule has 9 nitrogen and oxygen atoms in total. The fourth-order valence-corrected chi connectivity index (χ4v) is 6.22. The average Bonchev–Trinajstić information content (AvgIpc) is 3.16. The number of hydrogen-bond donors (Lipinski definition) is 3. The first-order valence-corrected chi connectivity index (χ1v) is 13.4. The van der Waals surface area contributed by atoms with Gasteiger partial charge in [0.2, 0.25) is 15.9 Å². The molecule has 1 atom stereocenters. The minimum Gasteiger partial charge on any atom is -0.375 e. The molecule has 3 aromatic rings. The molecule has 0 bridgehead atoms. The second-order valence-electron chi connectivity index (χ2n) is 8.46. The number of nitrogens with two attached hydrogens (primary N) is 1. The van der Waals surface area contributed by atoms with E-state index in [9.17, 15) is 18.0 Å². The number of anilines is 2. The van der Waals surface area contributed by atoms with Gasteiger partial charge in [-0.05, 0) is 49.8 Å². The van der Waals surface area contributed by atoms with Gasteiger partial charge in [-0.3, -0.25) is 14.3 Å². The Labute approximate surface area is 202 Å². The van der Waals surface area contributed by atoms with E-state index >= 15 is 0 Å². The van der Waals surface area contributed by atoms with Crippen LogP contribution in [0.25, 0.3) is 0 Å². The summed E-state index contributed by atoms with van der Waals surface area (Å²) >= 11 is 1.49. The highest BCUT2D eigenvalue weighted by atomic mass is 32.2. The normalized spacial score (nSPS) is 15.5. The third-order valence-corrected chi connectivity index (χ3v) is 8.00. The molecule has 2 heterocycles. The molecule has 1 aliphatic carbocycles. The minimum absolute atomic E-state index is 0.0862. The van der Waals surface area contributed by atoms with Crippen molar-refractivity contribution in [2.24, 2.45) is 5.92 Å². The smallest absolute Gasteiger partial charge is 0.275 e. The van der Waals surface area contributed by atoms with Crippen LogP contribution in [0.5, 0.6) is 0 Å². The van der Waals surface area contributed by atoms with Gasteiger partial charge in [-0.15, -0.1) is 11.3 Å². The lowest BCUT2D eigenvalue weighted by molar-refractivity contribution is -0.121. The Morgan fingerprint density at radius 2 is 2.00 bits per heavy atom. The highest BCUT2D eigenvalue weighted by Gasteiger charge is 2.23. The molecule has 0 saturated heterocycles. The first-order chi connectivity index (χ1) is 16.2. The number of pyridine rings is 1. The second kappa shape index (κ2) is 9.98. The zero-order valence-corrected chi connectivity index (χ0v) is 20.4. The lowest BCUT2D eigenvalue weighted by atomic mass is 9.91. The van der Waals surface area contributed by atoms with Crippen LogP contribution in [0.1, 0.15) is 28.2 Å². The molecule has 4 N–H and O–H groups in total. The van der Waals surface area contributed by atoms with Crippen LogP contribution in [0.15, 0.2) is 47.3 Å². The number of hydrogen-bond acceptors (Lipinski definition) is 7. The number of carbonyl (C=O) groups excluding carboxylic acids is 1. The molecule has 11 heteroatoms. The summed E-state index contributed by atoms with van der Waals surface area (Å²) in [6, 6.07) is 11.7. The molecular weight excluding hydrogens is 474 g/mol. The van der Waals surface area contributed by atoms with Crippen LogP contribution >= 0.6 is 11.3 Å². The summed E-state index contributed by atoms with van der Waals surface area (Å²) in [7, 11) is -3.79. The van der Waals surface area contributed by atoms with Crippen molar-refractivity contribution >= 4 is 38.1 Å². The number of rotatable bonds is 8. The molecule has 0 aliphatic heterocycles. The van der Waals surface area contributed by atoms with E-state index in [0.29, 0.717) is 22.9 Å². The summed E-state index contributed by atoms with van der Waals surface area (Å²) in [4.78, 5) is 31.1. The van der Waals surface area contributed by atoms with Gasteiger partial charge in [0.15, 0.2) is 5.13 Å². The number of carbonyl (C=O) groups is 1. The fraction of sp³-hybridized carbons (Fsp3) is 0.348. The van der Waals surface area contributed by atoms with Crippen molar-refractivity contribution in [1.82, 2.24) is 14.9 Å². The maximum atomic E-state index is 12.9. The van der Waals surface area contributed by atoms with E-state index in [2.05, 4.69) is 15.0 Å². The molecule has 0 spiro atoms. The Morgan fingerprint density at radius 1 is 1.24 bits per heavy atom. The molecule has 4 rings (SSSR count). The number of nitrogen functional groups attached to an aromatic ring is 1. The van der Waals surface area contributed by atoms with E-state index in [1.165, 1.54) is 26.8 Å². The van der Waals surface area contributed by atoms with E-state index in [1.807, 2.05) is 0 Å². The van der Waals surface area contributed by atoms with Crippen molar-refractivity contribution < 1.29 is 13.2 Å². The molecule has 1 aromatic carbocycles. The number of aryl methyl sites for hydroxylation is 2. The van der Waals surface area contributed by atoms with E-state index in [4.69, 9.17) is 5.73 Å². The Morgan fingerprint density at radius 3 is 2.76 bits per heavy atom. The summed E-state index contributed by atoms with van der Waals surface area (Å²) < 4.78 is 28.8. The van der Waals surface area contributed by atoms with Gasteiger partial charge in [0.05, 0.1) is 11.4 Å². The SMILES string of the molecule is Cc1ccc(NS(=O)(=O)Cc2ccccc2)c(=O)n1CC(=O)NCC1CCc2nc(N)sc2C1. The number of sulfonamides is 1. The molecule has 1 aliphatic rings. The highest BCUT2D eigenvalue weighted by Crippen LogP contribution is 2.30. The number of nitrogens with zero attached hydrogens (tertiary/aromatic N) is 2. The van der Waals surface area contributed by atoms with Gasteiger partial charge in [0.1, 0.15) is 12.2 Å². The monoisotopic (exact) mass is 501 g/mol. The molecule has 0 radical (unpaired) electrons. The van der Waals surface area contributed by atoms with Gasteiger partial charge in [0.25, 0.3) is 5.56 Å². The molecule has 0 fully saturated rings. The number of thiazole rings is 1. The summed E-state index contributed by atoms with van der Waals surface area (Å²) in [5, 5.41) is 3.48. The minimum atomic E-state index is -3.79. The average molecular weight is 502 g/mol. The number of amides is 1. The van der Waals surface area contributed by atoms with Gasteiger partial charge >= 0.3 is 0 Å². The fourth-order valence-electron chi connectivity index (χ4n) is 4.04. The third kappa shape index (κ3) is 5.84. The van der Waals surface area contributed by atoms with Gasteiger partial charge in [-0.2, -0.15) is 0 Å². The number of benzene rings is 1. The van der Waals surface area contributed by atoms with Crippen molar-refractivity contribution in [2.45, 2.75) is 38.5 Å². The molecule has 0 saturated carbocycles. The molecular formula is C23H27N5O4S2. The van der Waals surface area contributed by atoms with Gasteiger partial charge in [-0.1, -0.05) is 30.3 Å². The topological polar surface area (TPSA) is 136 Å². The Bertz CT molecular complexity index is 1350. The van der Waals surface area contributed by atoms with Crippen LogP contribution in [-0.4, -0.2) is 30.4 Å². The molecule has 2 aromatic heterocycles. The Hall–Kier alpha value is -3.18. The largest absolute Gasteiger partial charge is 0.375 e. The van der Waals surface area contributed by atoms with Gasteiger partial charge < -0.3 is 15.6 Å². The van der Waals surface area contributed by atoms with Gasteiger partial charge in [-0.25, -0.2) is 13.4 Å². The quantitative estimate of drug-likeness (QED) is 0.432.